The predicted molar refractivity (Wildman–Crippen MR) is 67.0 cm³/mol. The molecule has 1 atom stereocenters. The molecule has 1 heterocycles. The lowest BCUT2D eigenvalue weighted by molar-refractivity contribution is 0.0975. The minimum atomic E-state index is -1.40. The van der Waals surface area contributed by atoms with Crippen LogP contribution in [0.5, 0.6) is 0 Å². The Labute approximate surface area is 107 Å². The first kappa shape index (κ1) is 12.2. The number of benzene rings is 1. The second kappa shape index (κ2) is 4.55. The Morgan fingerprint density at radius 1 is 1.35 bits per heavy atom. The van der Waals surface area contributed by atoms with Crippen LogP contribution in [0.2, 0.25) is 0 Å². The lowest BCUT2D eigenvalue weighted by atomic mass is 9.89. The third kappa shape index (κ3) is 2.37. The Morgan fingerprint density at radius 2 is 2.12 bits per heavy atom. The molecular formula is C13H11BrFNO. The summed E-state index contributed by atoms with van der Waals surface area (Å²) in [6.07, 6.45) is 3.14. The summed E-state index contributed by atoms with van der Waals surface area (Å²) in [5, 5.41) is 10.5. The van der Waals surface area contributed by atoms with Crippen molar-refractivity contribution in [3.05, 3.63) is 64.1 Å². The molecule has 2 rings (SSSR count). The number of rotatable bonds is 2. The molecule has 1 unspecified atom stereocenters. The van der Waals surface area contributed by atoms with Crippen molar-refractivity contribution in [2.45, 2.75) is 12.5 Å². The second-order valence-corrected chi connectivity index (χ2v) is 4.85. The van der Waals surface area contributed by atoms with Crippen molar-refractivity contribution in [1.82, 2.24) is 4.98 Å². The Kier molecular flexibility index (Phi) is 3.26. The van der Waals surface area contributed by atoms with Crippen molar-refractivity contribution in [2.24, 2.45) is 0 Å². The van der Waals surface area contributed by atoms with E-state index in [4.69, 9.17) is 0 Å². The van der Waals surface area contributed by atoms with Gasteiger partial charge < -0.3 is 5.11 Å². The van der Waals surface area contributed by atoms with Crippen LogP contribution >= 0.6 is 15.9 Å². The summed E-state index contributed by atoms with van der Waals surface area (Å²) in [6.45, 7) is 1.55. The van der Waals surface area contributed by atoms with E-state index in [9.17, 15) is 9.50 Å². The predicted octanol–water partition coefficient (Wildman–Crippen LogP) is 3.24. The average Bonchev–Trinajstić information content (AvgIpc) is 2.33. The van der Waals surface area contributed by atoms with Crippen LogP contribution in [0.1, 0.15) is 18.1 Å². The third-order valence-electron chi connectivity index (χ3n) is 2.68. The molecule has 88 valence electrons. The SMILES string of the molecule is CC(O)(c1cccnc1)c1cc(Br)ccc1F. The second-order valence-electron chi connectivity index (χ2n) is 3.94. The van der Waals surface area contributed by atoms with Crippen LogP contribution in [0.15, 0.2) is 47.2 Å². The fourth-order valence-corrected chi connectivity index (χ4v) is 2.04. The molecule has 0 fully saturated rings. The van der Waals surface area contributed by atoms with Gasteiger partial charge in [-0.3, -0.25) is 4.98 Å². The molecule has 2 aromatic rings. The molecule has 0 saturated heterocycles. The van der Waals surface area contributed by atoms with Gasteiger partial charge in [0.05, 0.1) is 0 Å². The number of halogens is 2. The number of aromatic nitrogens is 1. The minimum Gasteiger partial charge on any atom is -0.381 e. The summed E-state index contributed by atoms with van der Waals surface area (Å²) in [5.74, 6) is -0.443. The Balaban J connectivity index is 2.55. The summed E-state index contributed by atoms with van der Waals surface area (Å²) in [6, 6.07) is 7.91. The quantitative estimate of drug-likeness (QED) is 0.923. The summed E-state index contributed by atoms with van der Waals surface area (Å²) >= 11 is 3.27. The highest BCUT2D eigenvalue weighted by Gasteiger charge is 2.29. The van der Waals surface area contributed by atoms with E-state index in [1.807, 2.05) is 0 Å². The lowest BCUT2D eigenvalue weighted by Gasteiger charge is -2.24. The molecule has 0 saturated carbocycles. The lowest BCUT2D eigenvalue weighted by Crippen LogP contribution is -2.24. The molecule has 17 heavy (non-hydrogen) atoms. The fraction of sp³-hybridized carbons (Fsp3) is 0.154. The van der Waals surface area contributed by atoms with Crippen LogP contribution in [0.4, 0.5) is 4.39 Å². The van der Waals surface area contributed by atoms with Crippen LogP contribution in [-0.4, -0.2) is 10.1 Å². The van der Waals surface area contributed by atoms with Gasteiger partial charge in [-0.15, -0.1) is 0 Å². The van der Waals surface area contributed by atoms with Gasteiger partial charge in [-0.05, 0) is 31.2 Å². The van der Waals surface area contributed by atoms with Gasteiger partial charge in [0.1, 0.15) is 11.4 Å². The van der Waals surface area contributed by atoms with E-state index in [0.717, 1.165) is 4.47 Å². The van der Waals surface area contributed by atoms with E-state index >= 15 is 0 Å². The highest BCUT2D eigenvalue weighted by atomic mass is 79.9. The summed E-state index contributed by atoms with van der Waals surface area (Å²) < 4.78 is 14.5. The van der Waals surface area contributed by atoms with Crippen LogP contribution in [-0.2, 0) is 5.60 Å². The minimum absolute atomic E-state index is 0.222. The first-order valence-electron chi connectivity index (χ1n) is 5.10. The normalized spacial score (nSPS) is 14.4. The maximum Gasteiger partial charge on any atom is 0.129 e. The van der Waals surface area contributed by atoms with Gasteiger partial charge in [-0.25, -0.2) is 4.39 Å². The first-order chi connectivity index (χ1) is 8.01. The molecule has 0 spiro atoms. The van der Waals surface area contributed by atoms with Gasteiger partial charge in [0, 0.05) is 28.0 Å². The summed E-state index contributed by atoms with van der Waals surface area (Å²) in [4.78, 5) is 3.93. The van der Waals surface area contributed by atoms with Crippen LogP contribution < -0.4 is 0 Å². The monoisotopic (exact) mass is 295 g/mol. The van der Waals surface area contributed by atoms with Gasteiger partial charge in [0.2, 0.25) is 0 Å². The molecule has 2 nitrogen and oxygen atoms in total. The molecular weight excluding hydrogens is 285 g/mol. The molecule has 0 radical (unpaired) electrons. The van der Waals surface area contributed by atoms with E-state index in [1.54, 1.807) is 37.4 Å². The van der Waals surface area contributed by atoms with Crippen LogP contribution in [0.25, 0.3) is 0 Å². The molecule has 4 heteroatoms. The van der Waals surface area contributed by atoms with Crippen molar-refractivity contribution in [3.63, 3.8) is 0 Å². The number of hydrogen-bond donors (Lipinski definition) is 1. The van der Waals surface area contributed by atoms with E-state index in [1.165, 1.54) is 12.3 Å². The molecule has 0 bridgehead atoms. The van der Waals surface area contributed by atoms with Gasteiger partial charge in [-0.1, -0.05) is 22.0 Å². The summed E-state index contributed by atoms with van der Waals surface area (Å²) in [5.41, 5.74) is -0.626. The van der Waals surface area contributed by atoms with Crippen molar-refractivity contribution >= 4 is 15.9 Å². The standard InChI is InChI=1S/C13H11BrFNO/c1-13(17,9-3-2-6-16-8-9)11-7-10(14)4-5-12(11)15/h2-8,17H,1H3. The number of aliphatic hydroxyl groups is 1. The third-order valence-corrected chi connectivity index (χ3v) is 3.17. The maximum atomic E-state index is 13.7. The first-order valence-corrected chi connectivity index (χ1v) is 5.89. The molecule has 0 amide bonds. The fourth-order valence-electron chi connectivity index (χ4n) is 1.68. The average molecular weight is 296 g/mol. The van der Waals surface area contributed by atoms with Crippen molar-refractivity contribution in [2.75, 3.05) is 0 Å². The number of hydrogen-bond acceptors (Lipinski definition) is 2. The zero-order valence-electron chi connectivity index (χ0n) is 9.19. The van der Waals surface area contributed by atoms with Crippen LogP contribution in [0.3, 0.4) is 0 Å². The van der Waals surface area contributed by atoms with Crippen molar-refractivity contribution < 1.29 is 9.50 Å². The highest BCUT2D eigenvalue weighted by molar-refractivity contribution is 9.10. The topological polar surface area (TPSA) is 33.1 Å². The molecule has 0 aliphatic carbocycles. The van der Waals surface area contributed by atoms with Gasteiger partial charge >= 0.3 is 0 Å². The Morgan fingerprint density at radius 3 is 2.76 bits per heavy atom. The molecule has 0 aliphatic rings. The van der Waals surface area contributed by atoms with E-state index < -0.39 is 11.4 Å². The molecule has 1 aromatic heterocycles. The van der Waals surface area contributed by atoms with E-state index in [0.29, 0.717) is 5.56 Å². The van der Waals surface area contributed by atoms with Gasteiger partial charge in [0.15, 0.2) is 0 Å². The van der Waals surface area contributed by atoms with E-state index in [-0.39, 0.29) is 5.56 Å². The summed E-state index contributed by atoms with van der Waals surface area (Å²) in [7, 11) is 0. The number of nitrogens with zero attached hydrogens (tertiary/aromatic N) is 1. The number of pyridine rings is 1. The molecule has 1 aromatic carbocycles. The van der Waals surface area contributed by atoms with E-state index in [2.05, 4.69) is 20.9 Å². The zero-order valence-corrected chi connectivity index (χ0v) is 10.8. The van der Waals surface area contributed by atoms with Gasteiger partial charge in [0.25, 0.3) is 0 Å². The smallest absolute Gasteiger partial charge is 0.129 e. The van der Waals surface area contributed by atoms with Crippen molar-refractivity contribution in [3.8, 4) is 0 Å². The Bertz CT molecular complexity index is 528. The molecule has 0 aliphatic heterocycles. The Hall–Kier alpha value is -1.26. The maximum absolute atomic E-state index is 13.7. The molecule has 1 N–H and O–H groups in total. The van der Waals surface area contributed by atoms with Crippen molar-refractivity contribution in [1.29, 1.82) is 0 Å². The highest BCUT2D eigenvalue weighted by Crippen LogP contribution is 2.32. The van der Waals surface area contributed by atoms with Crippen LogP contribution in [0, 0.1) is 5.82 Å². The van der Waals surface area contributed by atoms with Gasteiger partial charge in [-0.2, -0.15) is 0 Å². The largest absolute Gasteiger partial charge is 0.381 e. The zero-order chi connectivity index (χ0) is 12.5.